The van der Waals surface area contributed by atoms with E-state index in [1.807, 2.05) is 0 Å². The summed E-state index contributed by atoms with van der Waals surface area (Å²) in [6.45, 7) is 1.58. The summed E-state index contributed by atoms with van der Waals surface area (Å²) in [5, 5.41) is 7.76. The molecule has 3 aliphatic rings. The Kier molecular flexibility index (Phi) is 4.99. The lowest BCUT2D eigenvalue weighted by molar-refractivity contribution is -0.213. The molecule has 0 N–H and O–H groups in total. The van der Waals surface area contributed by atoms with Gasteiger partial charge >= 0.3 is 0 Å². The van der Waals surface area contributed by atoms with E-state index in [-0.39, 0.29) is 23.2 Å². The SMILES string of the molecule is CN(C(=O)c1cn(CC2OCC3(CC3)CO2)nn1)c1c(F)cc(C#CC2CC2)cc1F. The molecule has 1 aromatic heterocycles. The molecule has 0 radical (unpaired) electrons. The lowest BCUT2D eigenvalue weighted by Crippen LogP contribution is -2.36. The van der Waals surface area contributed by atoms with Crippen molar-refractivity contribution < 1.29 is 23.0 Å². The summed E-state index contributed by atoms with van der Waals surface area (Å²) in [5.74, 6) is 3.67. The molecule has 1 saturated heterocycles. The van der Waals surface area contributed by atoms with Gasteiger partial charge in [0.25, 0.3) is 5.91 Å². The minimum absolute atomic E-state index is 0.0339. The van der Waals surface area contributed by atoms with Crippen molar-refractivity contribution in [1.82, 2.24) is 15.0 Å². The molecule has 7 nitrogen and oxygen atoms in total. The van der Waals surface area contributed by atoms with Crippen LogP contribution in [0.15, 0.2) is 18.3 Å². The van der Waals surface area contributed by atoms with Crippen LogP contribution < -0.4 is 4.90 Å². The number of hydrogen-bond acceptors (Lipinski definition) is 5. The molecule has 3 fully saturated rings. The summed E-state index contributed by atoms with van der Waals surface area (Å²) in [6, 6.07) is 2.28. The second-order valence-corrected chi connectivity index (χ2v) is 8.57. The predicted octanol–water partition coefficient (Wildman–Crippen LogP) is 2.75. The van der Waals surface area contributed by atoms with Gasteiger partial charge in [-0.2, -0.15) is 0 Å². The van der Waals surface area contributed by atoms with Crippen LogP contribution in [0.2, 0.25) is 0 Å². The molecule has 5 rings (SSSR count). The first-order valence-electron chi connectivity index (χ1n) is 10.3. The topological polar surface area (TPSA) is 69.5 Å². The van der Waals surface area contributed by atoms with Gasteiger partial charge in [-0.05, 0) is 37.8 Å². The van der Waals surface area contributed by atoms with Crippen molar-refractivity contribution in [3.8, 4) is 11.8 Å². The van der Waals surface area contributed by atoms with Gasteiger partial charge in [-0.25, -0.2) is 13.5 Å². The van der Waals surface area contributed by atoms with Gasteiger partial charge in [0, 0.05) is 23.9 Å². The Bertz CT molecular complexity index is 1050. The molecule has 31 heavy (non-hydrogen) atoms. The lowest BCUT2D eigenvalue weighted by atomic mass is 10.1. The molecule has 1 aromatic carbocycles. The molecule has 0 bridgehead atoms. The fourth-order valence-corrected chi connectivity index (χ4v) is 3.48. The number of hydrogen-bond donors (Lipinski definition) is 0. The molecule has 1 amide bonds. The largest absolute Gasteiger partial charge is 0.350 e. The molecular weight excluding hydrogens is 406 g/mol. The number of aromatic nitrogens is 3. The fourth-order valence-electron chi connectivity index (χ4n) is 3.48. The zero-order chi connectivity index (χ0) is 21.6. The summed E-state index contributed by atoms with van der Waals surface area (Å²) in [7, 11) is 1.29. The molecule has 9 heteroatoms. The second kappa shape index (κ2) is 7.70. The van der Waals surface area contributed by atoms with E-state index < -0.39 is 29.5 Å². The van der Waals surface area contributed by atoms with Crippen LogP contribution in [-0.2, 0) is 16.0 Å². The zero-order valence-corrected chi connectivity index (χ0v) is 17.1. The number of ether oxygens (including phenoxy) is 2. The Labute approximate surface area is 178 Å². The van der Waals surface area contributed by atoms with Gasteiger partial charge in [0.05, 0.1) is 26.0 Å². The van der Waals surface area contributed by atoms with E-state index in [2.05, 4.69) is 22.2 Å². The van der Waals surface area contributed by atoms with Crippen molar-refractivity contribution in [2.24, 2.45) is 11.3 Å². The molecule has 2 saturated carbocycles. The quantitative estimate of drug-likeness (QED) is 0.701. The Balaban J connectivity index is 1.26. The standard InChI is InChI=1S/C22H22F2N4O3/c1-27(20-16(23)8-15(9-17(20)24)5-4-14-2-3-14)21(29)18-10-28(26-25-18)11-19-30-12-22(6-7-22)13-31-19/h8-10,14,19H,2-3,6-7,11-13H2,1H3. The Morgan fingerprint density at radius 2 is 1.94 bits per heavy atom. The number of halogens is 2. The highest BCUT2D eigenvalue weighted by atomic mass is 19.1. The van der Waals surface area contributed by atoms with Crippen molar-refractivity contribution in [1.29, 1.82) is 0 Å². The summed E-state index contributed by atoms with van der Waals surface area (Å²) in [4.78, 5) is 13.6. The summed E-state index contributed by atoms with van der Waals surface area (Å²) < 4.78 is 42.0. The number of amides is 1. The van der Waals surface area contributed by atoms with E-state index in [0.29, 0.717) is 19.1 Å². The molecule has 1 spiro atoms. The van der Waals surface area contributed by atoms with E-state index in [0.717, 1.165) is 42.7 Å². The first-order chi connectivity index (χ1) is 14.9. The number of carbonyl (C=O) groups is 1. The van der Waals surface area contributed by atoms with E-state index >= 15 is 0 Å². The van der Waals surface area contributed by atoms with E-state index in [1.54, 1.807) is 0 Å². The average Bonchev–Trinajstić information content (AvgIpc) is 3.67. The highest BCUT2D eigenvalue weighted by molar-refractivity contribution is 6.04. The first kappa shape index (κ1) is 20.1. The smallest absolute Gasteiger partial charge is 0.280 e. The molecule has 2 heterocycles. The van der Waals surface area contributed by atoms with Crippen molar-refractivity contribution in [2.45, 2.75) is 38.5 Å². The van der Waals surface area contributed by atoms with Gasteiger partial charge in [-0.3, -0.25) is 4.79 Å². The van der Waals surface area contributed by atoms with Crippen LogP contribution in [-0.4, -0.2) is 47.5 Å². The Hall–Kier alpha value is -2.83. The number of benzene rings is 1. The van der Waals surface area contributed by atoms with Crippen LogP contribution in [0.25, 0.3) is 0 Å². The van der Waals surface area contributed by atoms with Gasteiger partial charge in [0.1, 0.15) is 5.69 Å². The van der Waals surface area contributed by atoms with Crippen LogP contribution in [0, 0.1) is 34.8 Å². The highest BCUT2D eigenvalue weighted by Gasteiger charge is 2.47. The van der Waals surface area contributed by atoms with Gasteiger partial charge < -0.3 is 14.4 Å². The van der Waals surface area contributed by atoms with Crippen molar-refractivity contribution in [3.63, 3.8) is 0 Å². The number of rotatable bonds is 4. The van der Waals surface area contributed by atoms with Crippen LogP contribution in [0.4, 0.5) is 14.5 Å². The molecule has 162 valence electrons. The molecule has 0 atom stereocenters. The van der Waals surface area contributed by atoms with E-state index in [1.165, 1.54) is 17.9 Å². The minimum atomic E-state index is -0.860. The highest BCUT2D eigenvalue weighted by Crippen LogP contribution is 2.48. The number of anilines is 1. The van der Waals surface area contributed by atoms with E-state index in [4.69, 9.17) is 9.47 Å². The third-order valence-electron chi connectivity index (χ3n) is 5.86. The molecular formula is C22H22F2N4O3. The Morgan fingerprint density at radius 3 is 2.55 bits per heavy atom. The van der Waals surface area contributed by atoms with Crippen LogP contribution in [0.1, 0.15) is 41.7 Å². The fraction of sp³-hybridized carbons (Fsp3) is 0.500. The minimum Gasteiger partial charge on any atom is -0.350 e. The molecule has 0 unspecified atom stereocenters. The maximum absolute atomic E-state index is 14.6. The molecule has 1 aliphatic heterocycles. The first-order valence-corrected chi connectivity index (χ1v) is 10.3. The maximum Gasteiger partial charge on any atom is 0.280 e. The summed E-state index contributed by atoms with van der Waals surface area (Å²) in [5.41, 5.74) is -0.0490. The van der Waals surface area contributed by atoms with Gasteiger partial charge in [0.15, 0.2) is 23.6 Å². The Morgan fingerprint density at radius 1 is 1.26 bits per heavy atom. The third-order valence-corrected chi connectivity index (χ3v) is 5.86. The predicted molar refractivity (Wildman–Crippen MR) is 106 cm³/mol. The van der Waals surface area contributed by atoms with Gasteiger partial charge in [0.2, 0.25) is 0 Å². The van der Waals surface area contributed by atoms with Gasteiger partial charge in [-0.15, -0.1) is 5.10 Å². The second-order valence-electron chi connectivity index (χ2n) is 8.57. The average molecular weight is 428 g/mol. The normalized spacial score (nSPS) is 19.7. The van der Waals surface area contributed by atoms with Crippen LogP contribution in [0.5, 0.6) is 0 Å². The number of carbonyl (C=O) groups excluding carboxylic acids is 1. The maximum atomic E-state index is 14.6. The third kappa shape index (κ3) is 4.31. The monoisotopic (exact) mass is 428 g/mol. The van der Waals surface area contributed by atoms with Crippen LogP contribution >= 0.6 is 0 Å². The van der Waals surface area contributed by atoms with Crippen molar-refractivity contribution in [2.75, 3.05) is 25.2 Å². The van der Waals surface area contributed by atoms with Crippen molar-refractivity contribution >= 4 is 11.6 Å². The summed E-state index contributed by atoms with van der Waals surface area (Å²) in [6.07, 6.45) is 5.23. The van der Waals surface area contributed by atoms with Gasteiger partial charge in [-0.1, -0.05) is 17.1 Å². The summed E-state index contributed by atoms with van der Waals surface area (Å²) >= 11 is 0. The lowest BCUT2D eigenvalue weighted by Gasteiger charge is -2.29. The number of nitrogens with zero attached hydrogens (tertiary/aromatic N) is 4. The van der Waals surface area contributed by atoms with Crippen molar-refractivity contribution in [3.05, 3.63) is 41.2 Å². The molecule has 2 aromatic rings. The molecule has 2 aliphatic carbocycles. The van der Waals surface area contributed by atoms with Crippen LogP contribution in [0.3, 0.4) is 0 Å². The van der Waals surface area contributed by atoms with E-state index in [9.17, 15) is 13.6 Å². The zero-order valence-electron chi connectivity index (χ0n) is 17.1.